The van der Waals surface area contributed by atoms with Crippen LogP contribution in [0.1, 0.15) is 293 Å². The third-order valence-electron chi connectivity index (χ3n) is 22.8. The van der Waals surface area contributed by atoms with Crippen molar-refractivity contribution in [2.75, 3.05) is 39.6 Å². The highest BCUT2D eigenvalue weighted by atomic mass is 16.6. The first-order chi connectivity index (χ1) is 53.0. The van der Waals surface area contributed by atoms with Gasteiger partial charge in [-0.2, -0.15) is 0 Å². The van der Waals surface area contributed by atoms with Crippen LogP contribution in [0.15, 0.2) is 23.3 Å². The molecule has 12 unspecified atom stereocenters. The van der Waals surface area contributed by atoms with Gasteiger partial charge in [-0.1, -0.05) is 12.2 Å². The normalized spacial score (nSPS) is 28.7. The van der Waals surface area contributed by atoms with Crippen molar-refractivity contribution in [2.24, 2.45) is 35.5 Å². The van der Waals surface area contributed by atoms with E-state index >= 15 is 0 Å². The molecule has 0 spiro atoms. The van der Waals surface area contributed by atoms with Gasteiger partial charge in [-0.05, 0) is 305 Å². The van der Waals surface area contributed by atoms with Crippen LogP contribution in [0.2, 0.25) is 0 Å². The molecule has 27 nitrogen and oxygen atoms in total. The Morgan fingerprint density at radius 2 is 0.549 bits per heavy atom. The Kier molecular flexibility index (Phi) is 33.3. The second-order valence-corrected chi connectivity index (χ2v) is 36.7. The first kappa shape index (κ1) is 92.8. The van der Waals surface area contributed by atoms with Gasteiger partial charge in [0, 0.05) is 59.9 Å². The maximum atomic E-state index is 12.4. The molecule has 10 aliphatic heterocycles. The number of amides is 5. The molecular weight excluding hydrogens is 1450 g/mol. The molecule has 113 heavy (non-hydrogen) atoms. The number of piperidine rings is 4. The van der Waals surface area contributed by atoms with Gasteiger partial charge in [0.1, 0.15) is 28.0 Å². The Labute approximate surface area is 672 Å². The number of nitrogens with zero attached hydrogens (tertiary/aromatic N) is 5. The largest absolute Gasteiger partial charge is 0.466 e. The molecule has 12 rings (SSSR count). The quantitative estimate of drug-likeness (QED) is 0.129. The molecular formula is C86H139N5O22. The smallest absolute Gasteiger partial charge is 0.411 e. The third-order valence-corrected chi connectivity index (χ3v) is 22.8. The molecule has 2 aliphatic carbocycles. The molecule has 0 radical (unpaired) electrons. The predicted molar refractivity (Wildman–Crippen MR) is 421 cm³/mol. The van der Waals surface area contributed by atoms with Crippen LogP contribution >= 0.6 is 0 Å². The minimum Gasteiger partial charge on any atom is -0.466 e. The maximum absolute atomic E-state index is 12.4. The van der Waals surface area contributed by atoms with Gasteiger partial charge >= 0.3 is 66.3 Å². The van der Waals surface area contributed by atoms with Crippen LogP contribution in [0.25, 0.3) is 0 Å². The van der Waals surface area contributed by atoms with E-state index in [1.54, 1.807) is 31.4 Å². The van der Waals surface area contributed by atoms with Crippen molar-refractivity contribution in [2.45, 2.75) is 382 Å². The van der Waals surface area contributed by atoms with E-state index in [-0.39, 0.29) is 150 Å². The predicted octanol–water partition coefficient (Wildman–Crippen LogP) is 15.9. The Balaban J connectivity index is 0.000000189. The number of hydrogen-bond acceptors (Lipinski definition) is 22. The van der Waals surface area contributed by atoms with E-state index in [0.29, 0.717) is 57.6 Å². The Morgan fingerprint density at radius 3 is 0.832 bits per heavy atom. The topological polar surface area (TPSA) is 305 Å². The van der Waals surface area contributed by atoms with E-state index in [2.05, 4.69) is 6.08 Å². The summed E-state index contributed by atoms with van der Waals surface area (Å²) < 4.78 is 58.0. The number of fused-ring (bicyclic) bond motifs is 12. The standard InChI is InChI=1S/4C15H25NO4.C15H23NO4.C11H16O2/c5*1-5-19-13(17)11-8-6-10-7-9-12(11)16(10)14(18)20-15(2,3)4;1-2-13-11(12)10-6-4-8-3-5-9(10)7-8/h4*10-12H,5-9H2,1-4H3;8,10,12H,5-7,9H2,1-4H3;6,8-9H,2-5,7H2,1H3/t4*10?,11-,12?;;/m1100../s1. The van der Waals surface area contributed by atoms with Gasteiger partial charge in [-0.3, -0.25) is 24.1 Å². The van der Waals surface area contributed by atoms with E-state index in [1.807, 2.05) is 145 Å². The van der Waals surface area contributed by atoms with Crippen LogP contribution in [0.4, 0.5) is 24.0 Å². The fourth-order valence-electron chi connectivity index (χ4n) is 18.5. The maximum Gasteiger partial charge on any atom is 0.411 e. The zero-order valence-electron chi connectivity index (χ0n) is 72.1. The SMILES string of the molecule is CCOC(=O)C1=CCC2CCC1C2.CCOC(=O)C1=CCC2CCC1N2C(=O)OC(C)(C)C.CCOC(=O)[C@@H]1CCC2CCC1N2C(=O)OC(C)(C)C.CCOC(=O)[C@@H]1CCC2CCC1N2C(=O)OC(C)(C)C.CCOC(=O)[C@H]1CCC2CCC1N2C(=O)OC(C)(C)C.CCOC(=O)[C@H]1CCC2CCC1N2C(=O)OC(C)(C)C. The minimum atomic E-state index is -0.526. The van der Waals surface area contributed by atoms with Crippen molar-refractivity contribution in [3.8, 4) is 0 Å². The van der Waals surface area contributed by atoms with Gasteiger partial charge < -0.3 is 71.7 Å². The minimum absolute atomic E-state index is 0.0531. The number of rotatable bonds is 12. The highest BCUT2D eigenvalue weighted by Gasteiger charge is 2.54. The lowest BCUT2D eigenvalue weighted by Gasteiger charge is -2.39. The molecule has 10 fully saturated rings. The van der Waals surface area contributed by atoms with Crippen LogP contribution in [0.5, 0.6) is 0 Å². The summed E-state index contributed by atoms with van der Waals surface area (Å²) in [5.74, 6) is -0.499. The van der Waals surface area contributed by atoms with Crippen molar-refractivity contribution >= 4 is 66.3 Å². The average molecular weight is 1600 g/mol. The average Bonchev–Trinajstić information content (AvgIpc) is 1.67. The second kappa shape index (κ2) is 40.5. The van der Waals surface area contributed by atoms with Crippen molar-refractivity contribution in [1.82, 2.24) is 24.5 Å². The first-order valence-electron chi connectivity index (χ1n) is 42.4. The Morgan fingerprint density at radius 1 is 0.292 bits per heavy atom. The molecule has 640 valence electrons. The lowest BCUT2D eigenvalue weighted by atomic mass is 9.88. The number of ether oxygens (including phenoxy) is 11. The van der Waals surface area contributed by atoms with E-state index in [0.717, 1.165) is 133 Å². The third kappa shape index (κ3) is 25.6. The van der Waals surface area contributed by atoms with Crippen LogP contribution in [0, 0.1) is 35.5 Å². The molecule has 0 N–H and O–H groups in total. The molecule has 5 amide bonds. The zero-order chi connectivity index (χ0) is 83.8. The molecule has 0 aromatic rings. The summed E-state index contributed by atoms with van der Waals surface area (Å²) in [5.41, 5.74) is -0.995. The monoisotopic (exact) mass is 1590 g/mol. The lowest BCUT2D eigenvalue weighted by Crippen LogP contribution is -2.51. The molecule has 12 bridgehead atoms. The van der Waals surface area contributed by atoms with Gasteiger partial charge in [0.25, 0.3) is 0 Å². The van der Waals surface area contributed by atoms with E-state index in [9.17, 15) is 52.7 Å². The van der Waals surface area contributed by atoms with E-state index < -0.39 is 28.0 Å². The Bertz CT molecular complexity index is 3040. The highest BCUT2D eigenvalue weighted by molar-refractivity contribution is 5.92. The number of carbonyl (C=O) groups is 11. The van der Waals surface area contributed by atoms with E-state index in [1.165, 1.54) is 19.3 Å². The van der Waals surface area contributed by atoms with Gasteiger partial charge in [-0.15, -0.1) is 0 Å². The summed E-state index contributed by atoms with van der Waals surface area (Å²) in [4.78, 5) is 142. The highest BCUT2D eigenvalue weighted by Crippen LogP contribution is 2.47. The number of esters is 6. The van der Waals surface area contributed by atoms with Crippen molar-refractivity contribution in [3.05, 3.63) is 23.3 Å². The zero-order valence-corrected chi connectivity index (χ0v) is 72.1. The van der Waals surface area contributed by atoms with Crippen LogP contribution in [-0.4, -0.2) is 219 Å². The number of allylic oxidation sites excluding steroid dienone is 1. The fourth-order valence-corrected chi connectivity index (χ4v) is 18.5. The first-order valence-corrected chi connectivity index (χ1v) is 42.4. The summed E-state index contributed by atoms with van der Waals surface area (Å²) in [7, 11) is 0. The molecule has 27 heteroatoms. The van der Waals surface area contributed by atoms with Crippen molar-refractivity contribution in [3.63, 3.8) is 0 Å². The summed E-state index contributed by atoms with van der Waals surface area (Å²) >= 11 is 0. The molecule has 9 saturated heterocycles. The molecule has 1 saturated carbocycles. The summed E-state index contributed by atoms with van der Waals surface area (Å²) in [6.07, 6.45) is 23.7. The molecule has 12 aliphatic rings. The van der Waals surface area contributed by atoms with Gasteiger partial charge in [-0.25, -0.2) is 33.6 Å². The van der Waals surface area contributed by atoms with Gasteiger partial charge in [0.05, 0.1) is 74.9 Å². The summed E-state index contributed by atoms with van der Waals surface area (Å²) in [6, 6.07) is 0.633. The second-order valence-electron chi connectivity index (χ2n) is 36.7. The lowest BCUT2D eigenvalue weighted by molar-refractivity contribution is -0.152. The van der Waals surface area contributed by atoms with Crippen LogP contribution in [-0.2, 0) is 80.9 Å². The van der Waals surface area contributed by atoms with Crippen LogP contribution in [0.3, 0.4) is 0 Å². The molecule has 0 aromatic carbocycles. The number of carbonyl (C=O) groups excluding carboxylic acids is 11. The Hall–Kier alpha value is -7.35. The molecule has 10 heterocycles. The van der Waals surface area contributed by atoms with Crippen molar-refractivity contribution in [1.29, 1.82) is 0 Å². The molecule has 16 atom stereocenters. The van der Waals surface area contributed by atoms with Crippen molar-refractivity contribution < 1.29 is 105 Å². The van der Waals surface area contributed by atoms with Gasteiger partial charge in [0.15, 0.2) is 0 Å². The summed E-state index contributed by atoms with van der Waals surface area (Å²) in [5, 5.41) is 0. The number of hydrogen-bond donors (Lipinski definition) is 0. The molecule has 0 aromatic heterocycles. The van der Waals surface area contributed by atoms with E-state index in [4.69, 9.17) is 52.1 Å². The summed E-state index contributed by atoms with van der Waals surface area (Å²) in [6.45, 7) is 41.1. The van der Waals surface area contributed by atoms with Crippen LogP contribution < -0.4 is 0 Å². The van der Waals surface area contributed by atoms with Gasteiger partial charge in [0.2, 0.25) is 0 Å². The fraction of sp³-hybridized carbons (Fsp3) is 0.826.